The maximum atomic E-state index is 11.8. The van der Waals surface area contributed by atoms with Crippen molar-refractivity contribution < 1.29 is 13.2 Å². The van der Waals surface area contributed by atoms with Gasteiger partial charge in [-0.15, -0.1) is 25.6 Å². The maximum Gasteiger partial charge on any atom is 0.504 e. The average molecular weight is 202 g/mol. The zero-order valence-electron chi connectivity index (χ0n) is 6.09. The van der Waals surface area contributed by atoms with Crippen LogP contribution in [0, 0.1) is 0 Å². The number of hydrogen-bond acceptors (Lipinski definition) is 2. The van der Waals surface area contributed by atoms with Gasteiger partial charge in [-0.3, -0.25) is 0 Å². The van der Waals surface area contributed by atoms with E-state index in [0.717, 1.165) is 12.4 Å². The van der Waals surface area contributed by atoms with E-state index in [1.807, 2.05) is 0 Å². The standard InChI is InChI=1S/C5H6F3N3.ClH/c1-9-4-2-10-11(3-4)5(6,7)8;/h2-3,9H,1H3;1H. The lowest BCUT2D eigenvalue weighted by atomic mass is 10.6. The van der Waals surface area contributed by atoms with Crippen molar-refractivity contribution in [1.29, 1.82) is 0 Å². The molecule has 1 heterocycles. The molecule has 0 aliphatic heterocycles. The van der Waals surface area contributed by atoms with Gasteiger partial charge in [0, 0.05) is 7.05 Å². The molecular formula is C5H7ClF3N3. The van der Waals surface area contributed by atoms with Crippen LogP contribution in [0.2, 0.25) is 0 Å². The van der Waals surface area contributed by atoms with Gasteiger partial charge in [-0.2, -0.15) is 9.78 Å². The molecule has 0 amide bonds. The van der Waals surface area contributed by atoms with Gasteiger partial charge in [0.2, 0.25) is 0 Å². The third-order valence-corrected chi connectivity index (χ3v) is 1.13. The molecule has 0 saturated carbocycles. The summed E-state index contributed by atoms with van der Waals surface area (Å²) in [4.78, 5) is 0. The first kappa shape index (κ1) is 11.1. The number of anilines is 1. The van der Waals surface area contributed by atoms with Crippen LogP contribution in [0.3, 0.4) is 0 Å². The van der Waals surface area contributed by atoms with Gasteiger partial charge in [0.15, 0.2) is 0 Å². The Labute approximate surface area is 73.0 Å². The van der Waals surface area contributed by atoms with Crippen molar-refractivity contribution in [3.63, 3.8) is 0 Å². The summed E-state index contributed by atoms with van der Waals surface area (Å²) in [5, 5.41) is 5.62. The van der Waals surface area contributed by atoms with Gasteiger partial charge < -0.3 is 5.32 Å². The smallest absolute Gasteiger partial charge is 0.386 e. The Balaban J connectivity index is 0.00000121. The number of hydrogen-bond donors (Lipinski definition) is 1. The van der Waals surface area contributed by atoms with Crippen molar-refractivity contribution in [2.24, 2.45) is 0 Å². The molecule has 3 nitrogen and oxygen atoms in total. The van der Waals surface area contributed by atoms with E-state index in [2.05, 4.69) is 10.4 Å². The summed E-state index contributed by atoms with van der Waals surface area (Å²) in [5.74, 6) is 0. The summed E-state index contributed by atoms with van der Waals surface area (Å²) < 4.78 is 35.4. The van der Waals surface area contributed by atoms with Crippen LogP contribution in [0.15, 0.2) is 12.4 Å². The average Bonchev–Trinajstić information content (AvgIpc) is 2.32. The third-order valence-electron chi connectivity index (χ3n) is 1.13. The molecule has 0 aliphatic rings. The van der Waals surface area contributed by atoms with Crippen LogP contribution in [-0.2, 0) is 6.30 Å². The molecule has 0 saturated heterocycles. The van der Waals surface area contributed by atoms with Crippen molar-refractivity contribution in [1.82, 2.24) is 9.78 Å². The predicted molar refractivity (Wildman–Crippen MR) is 40.3 cm³/mol. The van der Waals surface area contributed by atoms with Gasteiger partial charge in [-0.1, -0.05) is 0 Å². The largest absolute Gasteiger partial charge is 0.504 e. The van der Waals surface area contributed by atoms with Crippen LogP contribution >= 0.6 is 12.4 Å². The molecule has 0 atom stereocenters. The second-order valence-corrected chi connectivity index (χ2v) is 1.89. The molecule has 70 valence electrons. The van der Waals surface area contributed by atoms with Gasteiger partial charge in [-0.05, 0) is 0 Å². The summed E-state index contributed by atoms with van der Waals surface area (Å²) in [5.41, 5.74) is 0.335. The highest BCUT2D eigenvalue weighted by Crippen LogP contribution is 2.22. The van der Waals surface area contributed by atoms with E-state index in [1.165, 1.54) is 7.05 Å². The molecule has 1 N–H and O–H groups in total. The zero-order valence-corrected chi connectivity index (χ0v) is 6.91. The number of alkyl halides is 3. The minimum Gasteiger partial charge on any atom is -0.386 e. The zero-order chi connectivity index (χ0) is 8.48. The summed E-state index contributed by atoms with van der Waals surface area (Å²) in [6.07, 6.45) is -2.44. The van der Waals surface area contributed by atoms with E-state index in [0.29, 0.717) is 5.69 Å². The summed E-state index contributed by atoms with van der Waals surface area (Å²) >= 11 is 0. The van der Waals surface area contributed by atoms with Crippen LogP contribution in [0.25, 0.3) is 0 Å². The number of aromatic nitrogens is 2. The Morgan fingerprint density at radius 1 is 1.50 bits per heavy atom. The highest BCUT2D eigenvalue weighted by atomic mass is 35.5. The maximum absolute atomic E-state index is 11.8. The van der Waals surface area contributed by atoms with Crippen molar-refractivity contribution in [3.8, 4) is 0 Å². The predicted octanol–water partition coefficient (Wildman–Crippen LogP) is 1.82. The van der Waals surface area contributed by atoms with Crippen LogP contribution in [0.1, 0.15) is 0 Å². The second kappa shape index (κ2) is 3.66. The minimum atomic E-state index is -4.42. The van der Waals surface area contributed by atoms with Gasteiger partial charge in [0.05, 0.1) is 18.1 Å². The number of nitrogens with one attached hydrogen (secondary N) is 1. The molecule has 7 heteroatoms. The van der Waals surface area contributed by atoms with E-state index in [-0.39, 0.29) is 17.1 Å². The second-order valence-electron chi connectivity index (χ2n) is 1.89. The van der Waals surface area contributed by atoms with Crippen LogP contribution < -0.4 is 5.32 Å². The highest BCUT2D eigenvalue weighted by molar-refractivity contribution is 5.85. The van der Waals surface area contributed by atoms with E-state index in [4.69, 9.17) is 0 Å². The Kier molecular flexibility index (Phi) is 3.38. The molecular weight excluding hydrogens is 195 g/mol. The topological polar surface area (TPSA) is 29.9 Å². The summed E-state index contributed by atoms with van der Waals surface area (Å²) in [7, 11) is 1.53. The normalized spacial score (nSPS) is 10.7. The lowest BCUT2D eigenvalue weighted by Crippen LogP contribution is -2.16. The van der Waals surface area contributed by atoms with Crippen molar-refractivity contribution in [2.75, 3.05) is 12.4 Å². The fourth-order valence-electron chi connectivity index (χ4n) is 0.591. The molecule has 0 unspecified atom stereocenters. The molecule has 0 aliphatic carbocycles. The summed E-state index contributed by atoms with van der Waals surface area (Å²) in [6.45, 7) is 0. The first-order valence-corrected chi connectivity index (χ1v) is 2.83. The van der Waals surface area contributed by atoms with Crippen LogP contribution in [0.5, 0.6) is 0 Å². The van der Waals surface area contributed by atoms with E-state index < -0.39 is 6.30 Å². The van der Waals surface area contributed by atoms with Gasteiger partial charge >= 0.3 is 6.30 Å². The number of halogens is 4. The highest BCUT2D eigenvalue weighted by Gasteiger charge is 2.31. The molecule has 0 radical (unpaired) electrons. The molecule has 1 aromatic heterocycles. The van der Waals surface area contributed by atoms with E-state index in [9.17, 15) is 13.2 Å². The summed E-state index contributed by atoms with van der Waals surface area (Å²) in [6, 6.07) is 0. The Morgan fingerprint density at radius 3 is 2.33 bits per heavy atom. The SMILES string of the molecule is CNc1cnn(C(F)(F)F)c1.Cl. The molecule has 0 bridgehead atoms. The first-order valence-electron chi connectivity index (χ1n) is 2.83. The number of nitrogens with zero attached hydrogens (tertiary/aromatic N) is 2. The van der Waals surface area contributed by atoms with Gasteiger partial charge in [-0.25, -0.2) is 0 Å². The van der Waals surface area contributed by atoms with Gasteiger partial charge in [0.1, 0.15) is 0 Å². The van der Waals surface area contributed by atoms with Gasteiger partial charge in [0.25, 0.3) is 0 Å². The molecule has 0 aromatic carbocycles. The quantitative estimate of drug-likeness (QED) is 0.751. The minimum absolute atomic E-state index is 0. The fourth-order valence-corrected chi connectivity index (χ4v) is 0.591. The molecule has 0 spiro atoms. The Hall–Kier alpha value is -0.910. The molecule has 12 heavy (non-hydrogen) atoms. The van der Waals surface area contributed by atoms with E-state index >= 15 is 0 Å². The lowest BCUT2D eigenvalue weighted by Gasteiger charge is -2.03. The van der Waals surface area contributed by atoms with Crippen molar-refractivity contribution in [3.05, 3.63) is 12.4 Å². The number of rotatable bonds is 1. The van der Waals surface area contributed by atoms with Crippen LogP contribution in [-0.4, -0.2) is 16.8 Å². The Bertz CT molecular complexity index is 244. The third kappa shape index (κ3) is 2.30. The monoisotopic (exact) mass is 201 g/mol. The van der Waals surface area contributed by atoms with Crippen molar-refractivity contribution in [2.45, 2.75) is 6.30 Å². The Morgan fingerprint density at radius 2 is 2.08 bits per heavy atom. The molecule has 1 rings (SSSR count). The fraction of sp³-hybridized carbons (Fsp3) is 0.400. The lowest BCUT2D eigenvalue weighted by molar-refractivity contribution is -0.212. The van der Waals surface area contributed by atoms with Crippen molar-refractivity contribution >= 4 is 18.1 Å². The van der Waals surface area contributed by atoms with Crippen LogP contribution in [0.4, 0.5) is 18.9 Å². The molecule has 1 aromatic rings. The molecule has 0 fully saturated rings. The first-order chi connectivity index (χ1) is 5.04. The van der Waals surface area contributed by atoms with E-state index in [1.54, 1.807) is 0 Å².